The van der Waals surface area contributed by atoms with Crippen LogP contribution in [0.5, 0.6) is 11.5 Å². The zero-order valence-electron chi connectivity index (χ0n) is 15.9. The van der Waals surface area contributed by atoms with Gasteiger partial charge >= 0.3 is 0 Å². The molecule has 0 radical (unpaired) electrons. The third-order valence-corrected chi connectivity index (χ3v) is 6.34. The van der Waals surface area contributed by atoms with Crippen LogP contribution in [-0.4, -0.2) is 36.2 Å². The highest BCUT2D eigenvalue weighted by atomic mass is 32.2. The first kappa shape index (κ1) is 21.6. The largest absolute Gasteiger partial charge is 0.507 e. The number of nitrogens with zero attached hydrogens (tertiary/aromatic N) is 2. The van der Waals surface area contributed by atoms with Gasteiger partial charge in [0, 0.05) is 6.07 Å². The Balaban J connectivity index is 2.00. The second-order valence-corrected chi connectivity index (χ2v) is 9.63. The van der Waals surface area contributed by atoms with Crippen molar-refractivity contribution in [3.63, 3.8) is 0 Å². The van der Waals surface area contributed by atoms with Crippen LogP contribution >= 0.6 is 0 Å². The molecule has 164 valence electrons. The van der Waals surface area contributed by atoms with Gasteiger partial charge in [0.1, 0.15) is 11.5 Å². The molecule has 32 heavy (non-hydrogen) atoms. The van der Waals surface area contributed by atoms with Crippen molar-refractivity contribution in [3.05, 3.63) is 60.7 Å². The number of hydrogen-bond acceptors (Lipinski definition) is 8. The van der Waals surface area contributed by atoms with E-state index in [1.807, 2.05) is 0 Å². The van der Waals surface area contributed by atoms with Gasteiger partial charge < -0.3 is 10.2 Å². The summed E-state index contributed by atoms with van der Waals surface area (Å²) in [6, 6.07) is 13.4. The van der Waals surface area contributed by atoms with Gasteiger partial charge in [-0.15, -0.1) is 10.2 Å². The topological polar surface area (TPSA) is 174 Å². The Labute approximate surface area is 181 Å². The van der Waals surface area contributed by atoms with E-state index in [4.69, 9.17) is 0 Å². The highest BCUT2D eigenvalue weighted by Crippen LogP contribution is 2.40. The van der Waals surface area contributed by atoms with Gasteiger partial charge in [0.15, 0.2) is 0 Å². The van der Waals surface area contributed by atoms with Crippen LogP contribution in [0.2, 0.25) is 0 Å². The summed E-state index contributed by atoms with van der Waals surface area (Å²) >= 11 is 0. The highest BCUT2D eigenvalue weighted by Gasteiger charge is 2.20. The van der Waals surface area contributed by atoms with Crippen LogP contribution in [0.4, 0.5) is 11.4 Å². The number of hydrogen-bond donors (Lipinski definition) is 4. The molecule has 0 saturated heterocycles. The van der Waals surface area contributed by atoms with Crippen molar-refractivity contribution < 1.29 is 36.2 Å². The van der Waals surface area contributed by atoms with Crippen molar-refractivity contribution in [2.75, 3.05) is 0 Å². The molecule has 0 fully saturated rings. The first-order valence-corrected chi connectivity index (χ1v) is 11.7. The SMILES string of the molecule is O=S(=O)(O)c1cc(O)c2c(N=Nc3cccc4cccc(O)c34)cc(S(=O)(=O)O)cc2c1. The summed E-state index contributed by atoms with van der Waals surface area (Å²) in [5.41, 5.74) is 0.0296. The molecule has 0 amide bonds. The van der Waals surface area contributed by atoms with E-state index in [-0.39, 0.29) is 27.9 Å². The van der Waals surface area contributed by atoms with E-state index in [1.54, 1.807) is 30.3 Å². The molecular formula is C20H14N2O8S2. The maximum atomic E-state index is 11.7. The molecule has 10 nitrogen and oxygen atoms in total. The lowest BCUT2D eigenvalue weighted by atomic mass is 10.1. The first-order chi connectivity index (χ1) is 14.9. The zero-order valence-corrected chi connectivity index (χ0v) is 17.5. The monoisotopic (exact) mass is 474 g/mol. The fraction of sp³-hybridized carbons (Fsp3) is 0. The lowest BCUT2D eigenvalue weighted by Gasteiger charge is -2.09. The number of rotatable bonds is 4. The van der Waals surface area contributed by atoms with Crippen molar-refractivity contribution in [1.82, 2.24) is 0 Å². The van der Waals surface area contributed by atoms with Crippen LogP contribution in [0.15, 0.2) is 80.7 Å². The minimum absolute atomic E-state index is 0.0609. The van der Waals surface area contributed by atoms with Gasteiger partial charge in [0.05, 0.1) is 31.9 Å². The van der Waals surface area contributed by atoms with Gasteiger partial charge in [-0.2, -0.15) is 16.8 Å². The Morgan fingerprint density at radius 3 is 1.75 bits per heavy atom. The Bertz CT molecular complexity index is 1640. The minimum Gasteiger partial charge on any atom is -0.507 e. The molecule has 0 aliphatic rings. The molecule has 0 aliphatic heterocycles. The van der Waals surface area contributed by atoms with Gasteiger partial charge in [-0.1, -0.05) is 24.3 Å². The molecule has 4 aromatic carbocycles. The second-order valence-electron chi connectivity index (χ2n) is 6.79. The summed E-state index contributed by atoms with van der Waals surface area (Å²) in [5, 5.41) is 29.5. The van der Waals surface area contributed by atoms with E-state index in [0.29, 0.717) is 10.8 Å². The molecular weight excluding hydrogens is 460 g/mol. The van der Waals surface area contributed by atoms with Gasteiger partial charge in [0.2, 0.25) is 0 Å². The van der Waals surface area contributed by atoms with E-state index >= 15 is 0 Å². The number of benzene rings is 4. The van der Waals surface area contributed by atoms with Gasteiger partial charge in [-0.25, -0.2) is 0 Å². The van der Waals surface area contributed by atoms with Gasteiger partial charge in [-0.3, -0.25) is 9.11 Å². The highest BCUT2D eigenvalue weighted by molar-refractivity contribution is 7.86. The molecule has 12 heteroatoms. The van der Waals surface area contributed by atoms with Crippen LogP contribution in [-0.2, 0) is 20.2 Å². The Morgan fingerprint density at radius 2 is 1.12 bits per heavy atom. The van der Waals surface area contributed by atoms with E-state index in [1.165, 1.54) is 6.07 Å². The molecule has 0 atom stereocenters. The first-order valence-electron chi connectivity index (χ1n) is 8.83. The third kappa shape index (κ3) is 3.99. The third-order valence-electron chi connectivity index (χ3n) is 4.68. The summed E-state index contributed by atoms with van der Waals surface area (Å²) in [6.45, 7) is 0. The number of aromatic hydroxyl groups is 2. The van der Waals surface area contributed by atoms with E-state index in [9.17, 15) is 36.2 Å². The molecule has 0 aliphatic carbocycles. The predicted molar refractivity (Wildman–Crippen MR) is 115 cm³/mol. The van der Waals surface area contributed by atoms with E-state index < -0.39 is 35.8 Å². The molecule has 0 spiro atoms. The average molecular weight is 474 g/mol. The van der Waals surface area contributed by atoms with E-state index in [2.05, 4.69) is 10.2 Å². The Hall–Kier alpha value is -3.58. The normalized spacial score (nSPS) is 12.7. The van der Waals surface area contributed by atoms with Crippen LogP contribution < -0.4 is 0 Å². The molecule has 0 bridgehead atoms. The number of fused-ring (bicyclic) bond motifs is 2. The van der Waals surface area contributed by atoms with Crippen LogP contribution in [0, 0.1) is 0 Å². The summed E-state index contributed by atoms with van der Waals surface area (Å²) in [5.74, 6) is -0.680. The molecule has 0 aromatic heterocycles. The van der Waals surface area contributed by atoms with Crippen molar-refractivity contribution in [1.29, 1.82) is 0 Å². The van der Waals surface area contributed by atoms with Crippen LogP contribution in [0.25, 0.3) is 21.5 Å². The number of phenols is 2. The maximum absolute atomic E-state index is 11.7. The maximum Gasteiger partial charge on any atom is 0.294 e. The lowest BCUT2D eigenvalue weighted by molar-refractivity contribution is 0.471. The van der Waals surface area contributed by atoms with Crippen molar-refractivity contribution in [2.24, 2.45) is 10.2 Å². The molecule has 4 N–H and O–H groups in total. The lowest BCUT2D eigenvalue weighted by Crippen LogP contribution is -2.00. The van der Waals surface area contributed by atoms with Crippen molar-refractivity contribution in [2.45, 2.75) is 9.79 Å². The standard InChI is InChI=1S/C20H14N2O8S2/c23-17-6-2-4-11-3-1-5-15(19(11)17)21-22-16-9-13(31(25,26)27)7-12-8-14(32(28,29)30)10-18(24)20(12)16/h1-10,23-24H,(H,25,26,27)(H,28,29,30). The smallest absolute Gasteiger partial charge is 0.294 e. The summed E-state index contributed by atoms with van der Waals surface area (Å²) < 4.78 is 65.1. The summed E-state index contributed by atoms with van der Waals surface area (Å²) in [6.07, 6.45) is 0. The summed E-state index contributed by atoms with van der Waals surface area (Å²) in [4.78, 5) is -1.32. The van der Waals surface area contributed by atoms with Crippen molar-refractivity contribution >= 4 is 53.2 Å². The fourth-order valence-corrected chi connectivity index (χ4v) is 4.36. The van der Waals surface area contributed by atoms with Gasteiger partial charge in [0.25, 0.3) is 20.2 Å². The molecule has 4 aromatic rings. The van der Waals surface area contributed by atoms with Crippen molar-refractivity contribution in [3.8, 4) is 11.5 Å². The minimum atomic E-state index is -4.74. The molecule has 0 unspecified atom stereocenters. The second kappa shape index (κ2) is 7.53. The van der Waals surface area contributed by atoms with E-state index in [0.717, 1.165) is 24.3 Å². The molecule has 0 saturated carbocycles. The van der Waals surface area contributed by atoms with Crippen LogP contribution in [0.3, 0.4) is 0 Å². The average Bonchev–Trinajstić information content (AvgIpc) is 2.70. The predicted octanol–water partition coefficient (Wildman–Crippen LogP) is 4.31. The fourth-order valence-electron chi connectivity index (χ4n) is 3.29. The number of azo groups is 1. The number of phenolic OH excluding ortho intramolecular Hbond substituents is 2. The zero-order chi connectivity index (χ0) is 23.3. The molecule has 0 heterocycles. The van der Waals surface area contributed by atoms with Crippen LogP contribution in [0.1, 0.15) is 0 Å². The summed E-state index contributed by atoms with van der Waals surface area (Å²) in [7, 11) is -9.45. The Kier molecular flexibility index (Phi) is 5.09. The Morgan fingerprint density at radius 1 is 0.594 bits per heavy atom. The van der Waals surface area contributed by atoms with Gasteiger partial charge in [-0.05, 0) is 41.1 Å². The quantitative estimate of drug-likeness (QED) is 0.250. The molecule has 4 rings (SSSR count).